The van der Waals surface area contributed by atoms with E-state index in [2.05, 4.69) is 12.2 Å². The Hall–Kier alpha value is -0.910. The number of amides is 2. The molecule has 0 radical (unpaired) electrons. The molecule has 1 saturated carbocycles. The zero-order valence-electron chi connectivity index (χ0n) is 12.0. The predicted molar refractivity (Wildman–Crippen MR) is 80.0 cm³/mol. The molecule has 0 spiro atoms. The van der Waals surface area contributed by atoms with Crippen LogP contribution >= 0.6 is 11.8 Å². The van der Waals surface area contributed by atoms with Crippen molar-refractivity contribution in [1.29, 1.82) is 0 Å². The second-order valence-electron chi connectivity index (χ2n) is 5.79. The van der Waals surface area contributed by atoms with Crippen molar-refractivity contribution in [3.8, 4) is 0 Å². The molecule has 0 aromatic heterocycles. The highest BCUT2D eigenvalue weighted by molar-refractivity contribution is 7.99. The minimum absolute atomic E-state index is 0.0347. The first-order valence-electron chi connectivity index (χ1n) is 7.44. The number of carboxylic acid groups (broad SMARTS) is 1. The van der Waals surface area contributed by atoms with Crippen LogP contribution in [0.4, 0.5) is 4.79 Å². The summed E-state index contributed by atoms with van der Waals surface area (Å²) in [4.78, 5) is 25.3. The maximum absolute atomic E-state index is 12.2. The van der Waals surface area contributed by atoms with E-state index in [0.29, 0.717) is 6.54 Å². The normalized spacial score (nSPS) is 30.9. The van der Waals surface area contributed by atoms with Gasteiger partial charge in [-0.3, -0.25) is 4.79 Å². The second-order valence-corrected chi connectivity index (χ2v) is 6.94. The quantitative estimate of drug-likeness (QED) is 0.836. The first-order valence-corrected chi connectivity index (χ1v) is 8.60. The van der Waals surface area contributed by atoms with E-state index in [-0.39, 0.29) is 23.9 Å². The number of nitrogens with zero attached hydrogens (tertiary/aromatic N) is 1. The summed E-state index contributed by atoms with van der Waals surface area (Å²) in [6, 6.07) is 0.225. The molecule has 0 aromatic rings. The fourth-order valence-corrected chi connectivity index (χ4v) is 4.14. The first kappa shape index (κ1) is 15.5. The lowest BCUT2D eigenvalue weighted by Gasteiger charge is -2.34. The molecule has 2 fully saturated rings. The zero-order valence-corrected chi connectivity index (χ0v) is 12.8. The van der Waals surface area contributed by atoms with Crippen molar-refractivity contribution in [2.24, 2.45) is 11.8 Å². The van der Waals surface area contributed by atoms with E-state index in [1.165, 1.54) is 0 Å². The predicted octanol–water partition coefficient (Wildman–Crippen LogP) is 2.02. The van der Waals surface area contributed by atoms with Gasteiger partial charge < -0.3 is 15.3 Å². The van der Waals surface area contributed by atoms with Crippen molar-refractivity contribution in [2.45, 2.75) is 38.6 Å². The van der Waals surface area contributed by atoms with E-state index < -0.39 is 5.97 Å². The van der Waals surface area contributed by atoms with Crippen LogP contribution in [0.15, 0.2) is 0 Å². The Balaban J connectivity index is 1.83. The maximum atomic E-state index is 12.2. The molecule has 2 aliphatic rings. The summed E-state index contributed by atoms with van der Waals surface area (Å²) in [5.74, 6) is 1.04. The maximum Gasteiger partial charge on any atom is 0.317 e. The third-order valence-electron chi connectivity index (χ3n) is 4.37. The van der Waals surface area contributed by atoms with Crippen molar-refractivity contribution < 1.29 is 14.7 Å². The number of nitrogens with one attached hydrogen (secondary N) is 1. The molecule has 3 unspecified atom stereocenters. The standard InChI is InChI=1S/C14H24N2O3S/c1-10-9-20-7-6-16(10)14(19)15-8-11-4-2-3-5-12(11)13(17)18/h10-12H,2-9H2,1H3,(H,15,19)(H,17,18). The molecule has 20 heavy (non-hydrogen) atoms. The summed E-state index contributed by atoms with van der Waals surface area (Å²) in [6.45, 7) is 3.34. The molecule has 1 heterocycles. The molecule has 114 valence electrons. The van der Waals surface area contributed by atoms with Gasteiger partial charge in [0.15, 0.2) is 0 Å². The Morgan fingerprint density at radius 3 is 2.80 bits per heavy atom. The fraction of sp³-hybridized carbons (Fsp3) is 0.857. The Morgan fingerprint density at radius 1 is 1.35 bits per heavy atom. The van der Waals surface area contributed by atoms with Gasteiger partial charge in [0, 0.05) is 30.6 Å². The van der Waals surface area contributed by atoms with Crippen molar-refractivity contribution >= 4 is 23.8 Å². The fourth-order valence-electron chi connectivity index (χ4n) is 3.13. The number of rotatable bonds is 3. The van der Waals surface area contributed by atoms with Crippen molar-refractivity contribution in [3.05, 3.63) is 0 Å². The summed E-state index contributed by atoms with van der Waals surface area (Å²) in [6.07, 6.45) is 3.71. The molecule has 5 nitrogen and oxygen atoms in total. The molecule has 1 aliphatic carbocycles. The molecule has 1 saturated heterocycles. The Morgan fingerprint density at radius 2 is 2.10 bits per heavy atom. The lowest BCUT2D eigenvalue weighted by Crippen LogP contribution is -2.50. The summed E-state index contributed by atoms with van der Waals surface area (Å²) in [7, 11) is 0. The van der Waals surface area contributed by atoms with E-state index >= 15 is 0 Å². The number of hydrogen-bond acceptors (Lipinski definition) is 3. The average Bonchev–Trinajstić information content (AvgIpc) is 2.45. The monoisotopic (exact) mass is 300 g/mol. The van der Waals surface area contributed by atoms with Crippen molar-refractivity contribution in [1.82, 2.24) is 10.2 Å². The van der Waals surface area contributed by atoms with Crippen LogP contribution in [-0.4, -0.2) is 52.6 Å². The van der Waals surface area contributed by atoms with Gasteiger partial charge in [-0.15, -0.1) is 0 Å². The number of hydrogen-bond donors (Lipinski definition) is 2. The molecule has 2 amide bonds. The van der Waals surface area contributed by atoms with Crippen LogP contribution in [0.25, 0.3) is 0 Å². The minimum atomic E-state index is -0.716. The molecule has 2 N–H and O–H groups in total. The van der Waals surface area contributed by atoms with Crippen LogP contribution in [-0.2, 0) is 4.79 Å². The van der Waals surface area contributed by atoms with Gasteiger partial charge in [0.05, 0.1) is 5.92 Å². The summed E-state index contributed by atoms with van der Waals surface area (Å²) in [5, 5.41) is 12.2. The summed E-state index contributed by atoms with van der Waals surface area (Å²) in [5.41, 5.74) is 0. The molecule has 0 aromatic carbocycles. The van der Waals surface area contributed by atoms with Gasteiger partial charge in [0.25, 0.3) is 0 Å². The third-order valence-corrected chi connectivity index (χ3v) is 5.56. The van der Waals surface area contributed by atoms with Crippen LogP contribution in [0.1, 0.15) is 32.6 Å². The van der Waals surface area contributed by atoms with Crippen LogP contribution < -0.4 is 5.32 Å². The topological polar surface area (TPSA) is 69.6 Å². The number of aliphatic carboxylic acids is 1. The Kier molecular flexibility index (Phi) is 5.57. The summed E-state index contributed by atoms with van der Waals surface area (Å²) < 4.78 is 0. The highest BCUT2D eigenvalue weighted by atomic mass is 32.2. The molecule has 2 rings (SSSR count). The number of urea groups is 1. The lowest BCUT2D eigenvalue weighted by molar-refractivity contribution is -0.144. The highest BCUT2D eigenvalue weighted by Crippen LogP contribution is 2.29. The minimum Gasteiger partial charge on any atom is -0.481 e. The van der Waals surface area contributed by atoms with Gasteiger partial charge in [-0.05, 0) is 25.7 Å². The van der Waals surface area contributed by atoms with Crippen LogP contribution in [0, 0.1) is 11.8 Å². The van der Waals surface area contributed by atoms with Gasteiger partial charge in [0.1, 0.15) is 0 Å². The largest absolute Gasteiger partial charge is 0.481 e. The van der Waals surface area contributed by atoms with E-state index in [1.54, 1.807) is 0 Å². The lowest BCUT2D eigenvalue weighted by atomic mass is 9.79. The molecule has 6 heteroatoms. The van der Waals surface area contributed by atoms with E-state index in [4.69, 9.17) is 0 Å². The second kappa shape index (κ2) is 7.20. The van der Waals surface area contributed by atoms with Gasteiger partial charge in [0.2, 0.25) is 0 Å². The van der Waals surface area contributed by atoms with Crippen molar-refractivity contribution in [2.75, 3.05) is 24.6 Å². The van der Waals surface area contributed by atoms with Gasteiger partial charge in [-0.25, -0.2) is 4.79 Å². The number of thioether (sulfide) groups is 1. The average molecular weight is 300 g/mol. The highest BCUT2D eigenvalue weighted by Gasteiger charge is 2.31. The van der Waals surface area contributed by atoms with E-state index in [9.17, 15) is 14.7 Å². The van der Waals surface area contributed by atoms with E-state index in [0.717, 1.165) is 43.7 Å². The Bertz CT molecular complexity index is 364. The first-order chi connectivity index (χ1) is 9.59. The number of carbonyl (C=O) groups excluding carboxylic acids is 1. The van der Waals surface area contributed by atoms with Crippen LogP contribution in [0.3, 0.4) is 0 Å². The van der Waals surface area contributed by atoms with Gasteiger partial charge in [-0.1, -0.05) is 12.8 Å². The SMILES string of the molecule is CC1CSCCN1C(=O)NCC1CCCCC1C(=O)O. The summed E-state index contributed by atoms with van der Waals surface area (Å²) >= 11 is 1.88. The van der Waals surface area contributed by atoms with Gasteiger partial charge >= 0.3 is 12.0 Å². The van der Waals surface area contributed by atoms with Crippen LogP contribution in [0.5, 0.6) is 0 Å². The van der Waals surface area contributed by atoms with E-state index in [1.807, 2.05) is 16.7 Å². The van der Waals surface area contributed by atoms with Crippen LogP contribution in [0.2, 0.25) is 0 Å². The molecule has 1 aliphatic heterocycles. The zero-order chi connectivity index (χ0) is 14.5. The molecular formula is C14H24N2O3S. The number of carboxylic acids is 1. The molecular weight excluding hydrogens is 276 g/mol. The molecule has 0 bridgehead atoms. The number of carbonyl (C=O) groups is 2. The third kappa shape index (κ3) is 3.81. The van der Waals surface area contributed by atoms with Gasteiger partial charge in [-0.2, -0.15) is 11.8 Å². The molecule has 3 atom stereocenters. The van der Waals surface area contributed by atoms with Crippen molar-refractivity contribution in [3.63, 3.8) is 0 Å². The Labute approximate surface area is 124 Å². The smallest absolute Gasteiger partial charge is 0.317 e.